The van der Waals surface area contributed by atoms with Gasteiger partial charge in [-0.25, -0.2) is 4.90 Å². The number of para-hydroxylation sites is 2. The Hall–Kier alpha value is -3.06. The first-order valence-electron chi connectivity index (χ1n) is 9.36. The van der Waals surface area contributed by atoms with E-state index in [0.717, 1.165) is 24.5 Å². The zero-order valence-electron chi connectivity index (χ0n) is 15.8. The number of amides is 2. The molecule has 7 heteroatoms. The predicted octanol–water partition coefficient (Wildman–Crippen LogP) is 2.28. The van der Waals surface area contributed by atoms with E-state index in [1.807, 2.05) is 24.3 Å². The third kappa shape index (κ3) is 3.53. The van der Waals surface area contributed by atoms with Gasteiger partial charge in [0.1, 0.15) is 11.8 Å². The monoisotopic (exact) mass is 381 g/mol. The minimum absolute atomic E-state index is 0.127. The van der Waals surface area contributed by atoms with Gasteiger partial charge in [0, 0.05) is 13.1 Å². The zero-order chi connectivity index (χ0) is 19.5. The van der Waals surface area contributed by atoms with Crippen LogP contribution in [0, 0.1) is 0 Å². The number of hydrogen-bond acceptors (Lipinski definition) is 6. The lowest BCUT2D eigenvalue weighted by atomic mass is 10.2. The minimum atomic E-state index is -0.586. The summed E-state index contributed by atoms with van der Waals surface area (Å²) in [5.74, 6) is 0.223. The van der Waals surface area contributed by atoms with Crippen molar-refractivity contribution in [3.63, 3.8) is 0 Å². The lowest BCUT2D eigenvalue weighted by Gasteiger charge is -2.31. The van der Waals surface area contributed by atoms with E-state index in [9.17, 15) is 9.59 Å². The molecule has 2 fully saturated rings. The normalized spacial score (nSPS) is 19.8. The molecule has 0 spiro atoms. The van der Waals surface area contributed by atoms with E-state index in [4.69, 9.17) is 9.47 Å². The van der Waals surface area contributed by atoms with Crippen LogP contribution in [-0.2, 0) is 14.3 Å². The Morgan fingerprint density at radius 1 is 1.04 bits per heavy atom. The smallest absolute Gasteiger partial charge is 0.256 e. The lowest BCUT2D eigenvalue weighted by Crippen LogP contribution is -2.38. The molecule has 1 atom stereocenters. The number of morpholine rings is 1. The molecule has 1 N–H and O–H groups in total. The summed E-state index contributed by atoms with van der Waals surface area (Å²) in [5.41, 5.74) is 2.43. The van der Waals surface area contributed by atoms with Gasteiger partial charge in [-0.3, -0.25) is 9.59 Å². The molecule has 2 heterocycles. The van der Waals surface area contributed by atoms with Crippen molar-refractivity contribution in [2.45, 2.75) is 12.5 Å². The molecule has 0 saturated carbocycles. The Labute approximate surface area is 163 Å². The first kappa shape index (κ1) is 18.3. The third-order valence-corrected chi connectivity index (χ3v) is 5.06. The molecule has 0 aliphatic carbocycles. The quantitative estimate of drug-likeness (QED) is 0.802. The molecule has 2 aromatic rings. The van der Waals surface area contributed by atoms with Crippen molar-refractivity contribution >= 4 is 28.9 Å². The number of methoxy groups -OCH3 is 1. The predicted molar refractivity (Wildman–Crippen MR) is 107 cm³/mol. The van der Waals surface area contributed by atoms with Gasteiger partial charge in [-0.2, -0.15) is 0 Å². The summed E-state index contributed by atoms with van der Waals surface area (Å²) >= 11 is 0. The van der Waals surface area contributed by atoms with Gasteiger partial charge in [-0.05, 0) is 36.4 Å². The Bertz CT molecular complexity index is 862. The molecule has 2 aromatic carbocycles. The Kier molecular flexibility index (Phi) is 5.16. The average molecular weight is 381 g/mol. The van der Waals surface area contributed by atoms with Gasteiger partial charge < -0.3 is 19.7 Å². The van der Waals surface area contributed by atoms with Crippen LogP contribution in [0.1, 0.15) is 6.42 Å². The number of imide groups is 1. The van der Waals surface area contributed by atoms with Crippen molar-refractivity contribution in [2.75, 3.05) is 48.5 Å². The van der Waals surface area contributed by atoms with Crippen LogP contribution < -0.4 is 19.9 Å². The number of carbonyl (C=O) groups excluding carboxylic acids is 2. The van der Waals surface area contributed by atoms with Crippen LogP contribution in [0.25, 0.3) is 0 Å². The maximum atomic E-state index is 12.9. The van der Waals surface area contributed by atoms with Crippen molar-refractivity contribution in [3.8, 4) is 5.75 Å². The molecule has 2 saturated heterocycles. The summed E-state index contributed by atoms with van der Waals surface area (Å²) in [5, 5.41) is 3.29. The lowest BCUT2D eigenvalue weighted by molar-refractivity contribution is -0.121. The number of rotatable bonds is 5. The maximum Gasteiger partial charge on any atom is 0.256 e. The Morgan fingerprint density at radius 3 is 2.46 bits per heavy atom. The van der Waals surface area contributed by atoms with Crippen LogP contribution in [0.5, 0.6) is 5.75 Å². The second-order valence-electron chi connectivity index (χ2n) is 6.78. The van der Waals surface area contributed by atoms with Crippen LogP contribution >= 0.6 is 0 Å². The number of nitrogens with zero attached hydrogens (tertiary/aromatic N) is 2. The number of ether oxygens (including phenoxy) is 2. The largest absolute Gasteiger partial charge is 0.497 e. The second-order valence-corrected chi connectivity index (χ2v) is 6.78. The van der Waals surface area contributed by atoms with E-state index in [2.05, 4.69) is 10.2 Å². The van der Waals surface area contributed by atoms with Crippen LogP contribution in [0.3, 0.4) is 0 Å². The molecule has 0 bridgehead atoms. The van der Waals surface area contributed by atoms with Gasteiger partial charge in [0.2, 0.25) is 5.91 Å². The molecule has 2 aliphatic heterocycles. The zero-order valence-corrected chi connectivity index (χ0v) is 15.8. The SMILES string of the molecule is COc1ccc(N2C(=O)CC(Nc3ccccc3N3CCOCC3)C2=O)cc1. The maximum absolute atomic E-state index is 12.9. The molecule has 0 radical (unpaired) electrons. The molecular formula is C21H23N3O4. The van der Waals surface area contributed by atoms with Gasteiger partial charge >= 0.3 is 0 Å². The molecule has 2 amide bonds. The summed E-state index contributed by atoms with van der Waals surface area (Å²) in [4.78, 5) is 28.9. The fraction of sp³-hybridized carbons (Fsp3) is 0.333. The van der Waals surface area contributed by atoms with Gasteiger partial charge in [-0.1, -0.05) is 12.1 Å². The fourth-order valence-electron chi connectivity index (χ4n) is 3.61. The van der Waals surface area contributed by atoms with Crippen molar-refractivity contribution in [2.24, 2.45) is 0 Å². The number of hydrogen-bond donors (Lipinski definition) is 1. The Balaban J connectivity index is 1.53. The summed E-state index contributed by atoms with van der Waals surface area (Å²) in [6, 6.07) is 14.2. The van der Waals surface area contributed by atoms with Gasteiger partial charge in [0.15, 0.2) is 0 Å². The van der Waals surface area contributed by atoms with Crippen molar-refractivity contribution in [1.29, 1.82) is 0 Å². The van der Waals surface area contributed by atoms with Crippen molar-refractivity contribution in [1.82, 2.24) is 0 Å². The first-order valence-corrected chi connectivity index (χ1v) is 9.36. The highest BCUT2D eigenvalue weighted by atomic mass is 16.5. The van der Waals surface area contributed by atoms with Gasteiger partial charge in [0.05, 0.1) is 43.8 Å². The van der Waals surface area contributed by atoms with Crippen LogP contribution in [-0.4, -0.2) is 51.3 Å². The number of anilines is 3. The van der Waals surface area contributed by atoms with E-state index in [1.165, 1.54) is 4.90 Å². The number of nitrogens with one attached hydrogen (secondary N) is 1. The molecule has 28 heavy (non-hydrogen) atoms. The van der Waals surface area contributed by atoms with Crippen LogP contribution in [0.15, 0.2) is 48.5 Å². The molecule has 1 unspecified atom stereocenters. The summed E-state index contributed by atoms with van der Waals surface area (Å²) in [6.45, 7) is 2.96. The second kappa shape index (κ2) is 7.90. The van der Waals surface area contributed by atoms with E-state index < -0.39 is 6.04 Å². The highest BCUT2D eigenvalue weighted by molar-refractivity contribution is 6.23. The van der Waals surface area contributed by atoms with E-state index in [-0.39, 0.29) is 18.2 Å². The number of carbonyl (C=O) groups is 2. The average Bonchev–Trinajstić information content (AvgIpc) is 3.02. The van der Waals surface area contributed by atoms with Crippen LogP contribution in [0.4, 0.5) is 17.1 Å². The molecule has 0 aromatic heterocycles. The Morgan fingerprint density at radius 2 is 1.75 bits per heavy atom. The van der Waals surface area contributed by atoms with E-state index in [0.29, 0.717) is 24.7 Å². The highest BCUT2D eigenvalue weighted by Crippen LogP contribution is 2.31. The summed E-state index contributed by atoms with van der Waals surface area (Å²) in [7, 11) is 1.58. The van der Waals surface area contributed by atoms with Gasteiger partial charge in [-0.15, -0.1) is 0 Å². The third-order valence-electron chi connectivity index (χ3n) is 5.06. The molecule has 146 valence electrons. The van der Waals surface area contributed by atoms with E-state index >= 15 is 0 Å². The van der Waals surface area contributed by atoms with E-state index in [1.54, 1.807) is 31.4 Å². The standard InChI is InChI=1S/C21H23N3O4/c1-27-16-8-6-15(7-9-16)24-20(25)14-18(21(24)26)22-17-4-2-3-5-19(17)23-10-12-28-13-11-23/h2-9,18,22H,10-14H2,1H3. The van der Waals surface area contributed by atoms with Crippen molar-refractivity contribution < 1.29 is 19.1 Å². The molecule has 7 nitrogen and oxygen atoms in total. The first-order chi connectivity index (χ1) is 13.7. The molecule has 4 rings (SSSR count). The van der Waals surface area contributed by atoms with Crippen molar-refractivity contribution in [3.05, 3.63) is 48.5 Å². The minimum Gasteiger partial charge on any atom is -0.497 e. The number of benzene rings is 2. The topological polar surface area (TPSA) is 71.1 Å². The molecule has 2 aliphatic rings. The fourth-order valence-corrected chi connectivity index (χ4v) is 3.61. The van der Waals surface area contributed by atoms with Gasteiger partial charge in [0.25, 0.3) is 5.91 Å². The highest BCUT2D eigenvalue weighted by Gasteiger charge is 2.40. The molecular weight excluding hydrogens is 358 g/mol. The van der Waals surface area contributed by atoms with Crippen LogP contribution in [0.2, 0.25) is 0 Å². The summed E-state index contributed by atoms with van der Waals surface area (Å²) < 4.78 is 10.6. The summed E-state index contributed by atoms with van der Waals surface area (Å²) in [6.07, 6.45) is 0.127.